The van der Waals surface area contributed by atoms with Crippen molar-refractivity contribution < 1.29 is 28.7 Å². The molecule has 1 aliphatic heterocycles. The summed E-state index contributed by atoms with van der Waals surface area (Å²) in [5, 5.41) is 2.46. The lowest BCUT2D eigenvalue weighted by Gasteiger charge is -2.36. The average Bonchev–Trinajstić information content (AvgIpc) is 2.97. The fraction of sp³-hybridized carbons (Fsp3) is 0.414. The van der Waals surface area contributed by atoms with Crippen molar-refractivity contribution in [3.8, 4) is 11.8 Å². The van der Waals surface area contributed by atoms with Gasteiger partial charge in [-0.3, -0.25) is 14.4 Å². The van der Waals surface area contributed by atoms with Crippen molar-refractivity contribution in [2.75, 3.05) is 34.4 Å². The molecule has 0 spiro atoms. The third-order valence-corrected chi connectivity index (χ3v) is 6.54. The molecule has 9 heteroatoms. The summed E-state index contributed by atoms with van der Waals surface area (Å²) in [7, 11) is 4.48. The largest absolute Gasteiger partial charge is 0.384 e. The fourth-order valence-electron chi connectivity index (χ4n) is 3.89. The fourth-order valence-corrected chi connectivity index (χ4v) is 3.89. The third-order valence-electron chi connectivity index (χ3n) is 6.54. The van der Waals surface area contributed by atoms with E-state index in [1.54, 1.807) is 31.4 Å². The Bertz CT molecular complexity index is 1160. The summed E-state index contributed by atoms with van der Waals surface area (Å²) in [6.07, 6.45) is 2.71. The molecule has 1 aliphatic rings. The van der Waals surface area contributed by atoms with E-state index < -0.39 is 29.6 Å². The highest BCUT2D eigenvalue weighted by atomic mass is 16.8. The van der Waals surface area contributed by atoms with Gasteiger partial charge >= 0.3 is 0 Å². The predicted octanol–water partition coefficient (Wildman–Crippen LogP) is 2.43. The van der Waals surface area contributed by atoms with Crippen LogP contribution in [0.25, 0.3) is 0 Å². The molecule has 202 valence electrons. The smallest absolute Gasteiger partial charge is 0.279 e. The topological polar surface area (TPSA) is 106 Å². The minimum absolute atomic E-state index is 0.306. The van der Waals surface area contributed by atoms with Gasteiger partial charge in [0.2, 0.25) is 0 Å². The van der Waals surface area contributed by atoms with Gasteiger partial charge in [-0.2, -0.15) is 0 Å². The quantitative estimate of drug-likeness (QED) is 0.298. The van der Waals surface area contributed by atoms with Crippen LogP contribution in [-0.2, 0) is 30.3 Å². The zero-order valence-electron chi connectivity index (χ0n) is 22.3. The number of carbonyl (C=O) groups excluding carboxylic acids is 3. The number of hydrogen-bond acceptors (Lipinski definition) is 6. The van der Waals surface area contributed by atoms with Gasteiger partial charge in [-0.25, -0.2) is 10.3 Å². The molecule has 2 atom stereocenters. The number of likely N-dealkylation sites (N-methyl/N-ethyl adjacent to an activating group) is 2. The Labute approximate surface area is 223 Å². The lowest BCUT2D eigenvalue weighted by Crippen LogP contribution is -2.65. The number of benzene rings is 2. The average molecular weight is 522 g/mol. The first-order valence-corrected chi connectivity index (χ1v) is 12.6. The van der Waals surface area contributed by atoms with Crippen LogP contribution in [0.5, 0.6) is 0 Å². The van der Waals surface area contributed by atoms with E-state index in [-0.39, 0.29) is 0 Å². The number of rotatable bonds is 9. The van der Waals surface area contributed by atoms with Crippen molar-refractivity contribution in [2.45, 2.75) is 44.4 Å². The molecule has 2 aromatic carbocycles. The van der Waals surface area contributed by atoms with Crippen LogP contribution in [0.15, 0.2) is 48.5 Å². The number of nitrogens with one attached hydrogen (secondary N) is 2. The summed E-state index contributed by atoms with van der Waals surface area (Å²) in [4.78, 5) is 45.6. The summed E-state index contributed by atoms with van der Waals surface area (Å²) >= 11 is 0. The molecular formula is C29H35N3O6. The first kappa shape index (κ1) is 28.9. The lowest BCUT2D eigenvalue weighted by molar-refractivity contribution is -0.204. The second-order valence-electron chi connectivity index (χ2n) is 9.13. The standard InChI is InChI=1S/C29H35N3O6/c1-29(27(34)30-2,28(35)31-38-25-7-5-6-19-37-25)32(3)26(33)24-16-14-22(15-17-24)9-8-21-10-12-23(13-11-21)18-20-36-4/h10-17,25H,5-7,18-20H2,1-4H3,(H,30,34)(H,31,35)/t25?,29-/m0/s1. The highest BCUT2D eigenvalue weighted by Gasteiger charge is 2.47. The molecule has 1 fully saturated rings. The molecule has 2 aromatic rings. The van der Waals surface area contributed by atoms with Crippen LogP contribution in [0.1, 0.15) is 53.2 Å². The molecule has 0 aromatic heterocycles. The Morgan fingerprint density at radius 1 is 1.03 bits per heavy atom. The highest BCUT2D eigenvalue weighted by Crippen LogP contribution is 2.20. The number of methoxy groups -OCH3 is 1. The molecule has 0 bridgehead atoms. The number of amides is 3. The lowest BCUT2D eigenvalue weighted by atomic mass is 9.96. The maximum atomic E-state index is 13.3. The molecule has 0 saturated carbocycles. The van der Waals surface area contributed by atoms with Crippen LogP contribution in [-0.4, -0.2) is 68.9 Å². The Morgan fingerprint density at radius 3 is 2.21 bits per heavy atom. The van der Waals surface area contributed by atoms with Crippen molar-refractivity contribution in [3.63, 3.8) is 0 Å². The van der Waals surface area contributed by atoms with Crippen LogP contribution in [0, 0.1) is 11.8 Å². The van der Waals surface area contributed by atoms with E-state index in [1.165, 1.54) is 26.6 Å². The second-order valence-corrected chi connectivity index (χ2v) is 9.13. The number of ether oxygens (including phenoxy) is 2. The first-order valence-electron chi connectivity index (χ1n) is 12.6. The molecule has 2 N–H and O–H groups in total. The van der Waals surface area contributed by atoms with Gasteiger partial charge in [0.15, 0.2) is 11.8 Å². The minimum Gasteiger partial charge on any atom is -0.384 e. The summed E-state index contributed by atoms with van der Waals surface area (Å²) in [5.41, 5.74) is 3.52. The summed E-state index contributed by atoms with van der Waals surface area (Å²) in [5.74, 6) is 4.25. The van der Waals surface area contributed by atoms with Gasteiger partial charge in [0, 0.05) is 50.9 Å². The Balaban J connectivity index is 1.69. The number of nitrogens with zero attached hydrogens (tertiary/aromatic N) is 1. The second kappa shape index (κ2) is 13.7. The number of hydrogen-bond donors (Lipinski definition) is 2. The molecule has 3 rings (SSSR count). The molecule has 1 heterocycles. The minimum atomic E-state index is -1.87. The normalized spacial score (nSPS) is 16.4. The van der Waals surface area contributed by atoms with Crippen LogP contribution < -0.4 is 10.8 Å². The maximum absolute atomic E-state index is 13.3. The summed E-state index contributed by atoms with van der Waals surface area (Å²) < 4.78 is 10.5. The van der Waals surface area contributed by atoms with Gasteiger partial charge in [-0.1, -0.05) is 24.0 Å². The number of hydroxylamine groups is 1. The van der Waals surface area contributed by atoms with E-state index in [1.807, 2.05) is 24.3 Å². The van der Waals surface area contributed by atoms with Crippen LogP contribution >= 0.6 is 0 Å². The van der Waals surface area contributed by atoms with Crippen LogP contribution in [0.4, 0.5) is 0 Å². The summed E-state index contributed by atoms with van der Waals surface area (Å²) in [6.45, 7) is 2.57. The molecular weight excluding hydrogens is 486 g/mol. The van der Waals surface area contributed by atoms with E-state index in [0.29, 0.717) is 25.2 Å². The van der Waals surface area contributed by atoms with Crippen molar-refractivity contribution in [1.82, 2.24) is 15.7 Å². The molecule has 0 aliphatic carbocycles. The Hall–Kier alpha value is -3.71. The predicted molar refractivity (Wildman–Crippen MR) is 142 cm³/mol. The van der Waals surface area contributed by atoms with E-state index >= 15 is 0 Å². The Kier molecular flexibility index (Phi) is 10.4. The first-order chi connectivity index (χ1) is 18.3. The van der Waals surface area contributed by atoms with E-state index in [0.717, 1.165) is 35.3 Å². The SMILES string of the molecule is CNC(=O)[C@@](C)(C(=O)NOC1CCCCO1)N(C)C(=O)c1ccc(C#Cc2ccc(CCOC)cc2)cc1. The summed E-state index contributed by atoms with van der Waals surface area (Å²) in [6, 6.07) is 14.6. The molecule has 38 heavy (non-hydrogen) atoms. The zero-order chi connectivity index (χ0) is 27.5. The van der Waals surface area contributed by atoms with E-state index in [4.69, 9.17) is 14.3 Å². The van der Waals surface area contributed by atoms with Gasteiger partial charge in [0.25, 0.3) is 17.7 Å². The third kappa shape index (κ3) is 7.19. The van der Waals surface area contributed by atoms with Gasteiger partial charge < -0.3 is 19.7 Å². The number of carbonyl (C=O) groups is 3. The molecule has 1 unspecified atom stereocenters. The van der Waals surface area contributed by atoms with Gasteiger partial charge in [0.05, 0.1) is 6.61 Å². The van der Waals surface area contributed by atoms with Gasteiger partial charge in [0.1, 0.15) is 0 Å². The van der Waals surface area contributed by atoms with Crippen molar-refractivity contribution in [1.29, 1.82) is 0 Å². The van der Waals surface area contributed by atoms with Gasteiger partial charge in [-0.15, -0.1) is 0 Å². The van der Waals surface area contributed by atoms with E-state index in [9.17, 15) is 14.4 Å². The molecule has 0 radical (unpaired) electrons. The van der Waals surface area contributed by atoms with Gasteiger partial charge in [-0.05, 0) is 68.1 Å². The monoisotopic (exact) mass is 521 g/mol. The van der Waals surface area contributed by atoms with E-state index in [2.05, 4.69) is 22.6 Å². The highest BCUT2D eigenvalue weighted by molar-refractivity contribution is 6.12. The van der Waals surface area contributed by atoms with Crippen LogP contribution in [0.2, 0.25) is 0 Å². The zero-order valence-corrected chi connectivity index (χ0v) is 22.3. The maximum Gasteiger partial charge on any atom is 0.279 e. The molecule has 1 saturated heterocycles. The van der Waals surface area contributed by atoms with Crippen molar-refractivity contribution >= 4 is 17.7 Å². The van der Waals surface area contributed by atoms with Crippen LogP contribution in [0.3, 0.4) is 0 Å². The van der Waals surface area contributed by atoms with Crippen molar-refractivity contribution in [2.24, 2.45) is 0 Å². The Morgan fingerprint density at radius 2 is 1.66 bits per heavy atom. The van der Waals surface area contributed by atoms with Crippen molar-refractivity contribution in [3.05, 3.63) is 70.8 Å². The molecule has 9 nitrogen and oxygen atoms in total. The molecule has 3 amide bonds.